The molecule has 4 heteroatoms. The van der Waals surface area contributed by atoms with E-state index in [0.29, 0.717) is 17.9 Å². The maximum Gasteiger partial charge on any atom is 0.255 e. The van der Waals surface area contributed by atoms with Crippen molar-refractivity contribution in [1.82, 2.24) is 5.32 Å². The van der Waals surface area contributed by atoms with Crippen molar-refractivity contribution >= 4 is 17.5 Å². The molecule has 2 rings (SSSR count). The molecule has 0 saturated heterocycles. The predicted octanol–water partition coefficient (Wildman–Crippen LogP) is 4.49. The minimum atomic E-state index is -0.111. The Labute approximate surface area is 142 Å². The molecular weight excluding hydrogens is 310 g/mol. The predicted molar refractivity (Wildman–Crippen MR) is 94.3 cm³/mol. The maximum atomic E-state index is 12.3. The first-order valence-corrected chi connectivity index (χ1v) is 8.23. The van der Waals surface area contributed by atoms with Gasteiger partial charge in [0.25, 0.3) is 5.91 Å². The quantitative estimate of drug-likeness (QED) is 0.759. The van der Waals surface area contributed by atoms with Gasteiger partial charge in [-0.2, -0.15) is 0 Å². The van der Waals surface area contributed by atoms with Gasteiger partial charge in [0.15, 0.2) is 0 Å². The fourth-order valence-electron chi connectivity index (χ4n) is 2.29. The number of ether oxygens (including phenoxy) is 1. The van der Waals surface area contributed by atoms with E-state index in [0.717, 1.165) is 23.4 Å². The van der Waals surface area contributed by atoms with Crippen LogP contribution in [0.3, 0.4) is 0 Å². The molecule has 0 radical (unpaired) electrons. The molecule has 0 aliphatic heterocycles. The van der Waals surface area contributed by atoms with E-state index in [1.807, 2.05) is 56.3 Å². The van der Waals surface area contributed by atoms with Crippen LogP contribution in [0.1, 0.15) is 36.2 Å². The van der Waals surface area contributed by atoms with E-state index in [1.54, 1.807) is 6.07 Å². The van der Waals surface area contributed by atoms with E-state index in [9.17, 15) is 4.79 Å². The Morgan fingerprint density at radius 3 is 2.57 bits per heavy atom. The molecule has 0 aliphatic carbocycles. The van der Waals surface area contributed by atoms with Crippen LogP contribution in [0.5, 0.6) is 5.75 Å². The molecule has 0 aromatic heterocycles. The maximum absolute atomic E-state index is 12.3. The van der Waals surface area contributed by atoms with E-state index >= 15 is 0 Å². The van der Waals surface area contributed by atoms with E-state index in [-0.39, 0.29) is 12.0 Å². The van der Waals surface area contributed by atoms with Crippen LogP contribution in [0.2, 0.25) is 5.02 Å². The Kier molecular flexibility index (Phi) is 6.48. The van der Waals surface area contributed by atoms with Crippen molar-refractivity contribution in [2.75, 3.05) is 6.54 Å². The topological polar surface area (TPSA) is 38.3 Å². The molecule has 1 amide bonds. The second kappa shape index (κ2) is 8.59. The average Bonchev–Trinajstić information content (AvgIpc) is 2.53. The zero-order valence-corrected chi connectivity index (χ0v) is 14.3. The van der Waals surface area contributed by atoms with E-state index in [2.05, 4.69) is 5.32 Å². The average molecular weight is 332 g/mol. The summed E-state index contributed by atoms with van der Waals surface area (Å²) < 4.78 is 5.68. The third kappa shape index (κ3) is 5.29. The lowest BCUT2D eigenvalue weighted by atomic mass is 10.1. The summed E-state index contributed by atoms with van der Waals surface area (Å²) in [7, 11) is 0. The van der Waals surface area contributed by atoms with Gasteiger partial charge in [-0.15, -0.1) is 0 Å². The van der Waals surface area contributed by atoms with Crippen LogP contribution in [-0.4, -0.2) is 18.6 Å². The van der Waals surface area contributed by atoms with Crippen molar-refractivity contribution in [2.24, 2.45) is 0 Å². The lowest BCUT2D eigenvalue weighted by molar-refractivity contribution is 0.0947. The monoisotopic (exact) mass is 331 g/mol. The highest BCUT2D eigenvalue weighted by Crippen LogP contribution is 2.19. The number of halogens is 1. The van der Waals surface area contributed by atoms with Crippen molar-refractivity contribution in [3.05, 3.63) is 64.7 Å². The first-order chi connectivity index (χ1) is 11.1. The van der Waals surface area contributed by atoms with Crippen molar-refractivity contribution < 1.29 is 9.53 Å². The fraction of sp³-hybridized carbons (Fsp3) is 0.316. The first kappa shape index (κ1) is 17.4. The molecule has 0 atom stereocenters. The zero-order chi connectivity index (χ0) is 16.7. The van der Waals surface area contributed by atoms with Crippen LogP contribution in [-0.2, 0) is 6.42 Å². The minimum absolute atomic E-state index is 0.0316. The van der Waals surface area contributed by atoms with Gasteiger partial charge in [-0.25, -0.2) is 0 Å². The third-order valence-electron chi connectivity index (χ3n) is 3.36. The standard InChI is InChI=1S/C19H22ClNO2/c1-14(2)23-18-12-6-4-10-16(18)19(22)21-13-7-9-15-8-3-5-11-17(15)20/h3-6,8,10-12,14H,7,9,13H2,1-2H3,(H,21,22). The van der Waals surface area contributed by atoms with Gasteiger partial charge in [0, 0.05) is 11.6 Å². The molecule has 0 fully saturated rings. The fourth-order valence-corrected chi connectivity index (χ4v) is 2.52. The number of hydrogen-bond donors (Lipinski definition) is 1. The highest BCUT2D eigenvalue weighted by molar-refractivity contribution is 6.31. The number of carbonyl (C=O) groups excluding carboxylic acids is 1. The first-order valence-electron chi connectivity index (χ1n) is 7.85. The summed E-state index contributed by atoms with van der Waals surface area (Å²) in [6.07, 6.45) is 1.71. The number of para-hydroxylation sites is 1. The van der Waals surface area contributed by atoms with E-state index in [1.165, 1.54) is 0 Å². The van der Waals surface area contributed by atoms with Gasteiger partial charge in [0.05, 0.1) is 11.7 Å². The Balaban J connectivity index is 1.87. The molecule has 3 nitrogen and oxygen atoms in total. The van der Waals surface area contributed by atoms with Crippen LogP contribution in [0.4, 0.5) is 0 Å². The highest BCUT2D eigenvalue weighted by Gasteiger charge is 2.12. The van der Waals surface area contributed by atoms with Crippen LogP contribution in [0, 0.1) is 0 Å². The number of hydrogen-bond acceptors (Lipinski definition) is 2. The van der Waals surface area contributed by atoms with Crippen LogP contribution in [0.15, 0.2) is 48.5 Å². The summed E-state index contributed by atoms with van der Waals surface area (Å²) in [4.78, 5) is 12.3. The van der Waals surface area contributed by atoms with Crippen LogP contribution >= 0.6 is 11.6 Å². The van der Waals surface area contributed by atoms with Gasteiger partial charge in [-0.05, 0) is 50.5 Å². The Bertz CT molecular complexity index is 655. The Morgan fingerprint density at radius 1 is 1.13 bits per heavy atom. The van der Waals surface area contributed by atoms with Gasteiger partial charge >= 0.3 is 0 Å². The van der Waals surface area contributed by atoms with E-state index < -0.39 is 0 Å². The molecule has 2 aromatic rings. The molecule has 0 saturated carbocycles. The number of carbonyl (C=O) groups is 1. The zero-order valence-electron chi connectivity index (χ0n) is 13.5. The molecule has 122 valence electrons. The van der Waals surface area contributed by atoms with Crippen LogP contribution in [0.25, 0.3) is 0 Å². The van der Waals surface area contributed by atoms with Crippen molar-refractivity contribution in [3.8, 4) is 5.75 Å². The Hall–Kier alpha value is -2.00. The molecule has 0 aliphatic rings. The van der Waals surface area contributed by atoms with E-state index in [4.69, 9.17) is 16.3 Å². The minimum Gasteiger partial charge on any atom is -0.490 e. The summed E-state index contributed by atoms with van der Waals surface area (Å²) in [5.74, 6) is 0.506. The summed E-state index contributed by atoms with van der Waals surface area (Å²) in [6, 6.07) is 15.1. The van der Waals surface area contributed by atoms with Gasteiger partial charge in [0.2, 0.25) is 0 Å². The summed E-state index contributed by atoms with van der Waals surface area (Å²) in [6.45, 7) is 4.48. The highest BCUT2D eigenvalue weighted by atomic mass is 35.5. The molecular formula is C19H22ClNO2. The van der Waals surface area contributed by atoms with Crippen molar-refractivity contribution in [3.63, 3.8) is 0 Å². The molecule has 2 aromatic carbocycles. The molecule has 1 N–H and O–H groups in total. The van der Waals surface area contributed by atoms with Gasteiger partial charge in [-0.3, -0.25) is 4.79 Å². The van der Waals surface area contributed by atoms with Gasteiger partial charge in [-0.1, -0.05) is 41.9 Å². The number of amides is 1. The van der Waals surface area contributed by atoms with Crippen LogP contribution < -0.4 is 10.1 Å². The summed E-state index contributed by atoms with van der Waals surface area (Å²) in [5, 5.41) is 3.71. The lowest BCUT2D eigenvalue weighted by Crippen LogP contribution is -2.25. The van der Waals surface area contributed by atoms with Gasteiger partial charge in [0.1, 0.15) is 5.75 Å². The summed E-state index contributed by atoms with van der Waals surface area (Å²) in [5.41, 5.74) is 1.67. The number of benzene rings is 2. The molecule has 23 heavy (non-hydrogen) atoms. The second-order valence-corrected chi connectivity index (χ2v) is 6.02. The van der Waals surface area contributed by atoms with Gasteiger partial charge < -0.3 is 10.1 Å². The molecule has 0 heterocycles. The number of aryl methyl sites for hydroxylation is 1. The summed E-state index contributed by atoms with van der Waals surface area (Å²) >= 11 is 6.13. The largest absolute Gasteiger partial charge is 0.490 e. The Morgan fingerprint density at radius 2 is 1.83 bits per heavy atom. The number of nitrogens with one attached hydrogen (secondary N) is 1. The second-order valence-electron chi connectivity index (χ2n) is 5.61. The smallest absolute Gasteiger partial charge is 0.255 e. The SMILES string of the molecule is CC(C)Oc1ccccc1C(=O)NCCCc1ccccc1Cl. The molecule has 0 bridgehead atoms. The lowest BCUT2D eigenvalue weighted by Gasteiger charge is -2.14. The molecule has 0 spiro atoms. The normalized spacial score (nSPS) is 10.6. The third-order valence-corrected chi connectivity index (χ3v) is 3.73. The molecule has 0 unspecified atom stereocenters. The van der Waals surface area contributed by atoms with Crippen molar-refractivity contribution in [2.45, 2.75) is 32.8 Å². The number of rotatable bonds is 7. The van der Waals surface area contributed by atoms with Crippen molar-refractivity contribution in [1.29, 1.82) is 0 Å².